The van der Waals surface area contributed by atoms with Gasteiger partial charge in [0, 0.05) is 24.1 Å². The molecule has 0 aliphatic carbocycles. The van der Waals surface area contributed by atoms with Crippen LogP contribution < -0.4 is 4.90 Å². The van der Waals surface area contributed by atoms with Crippen LogP contribution in [0, 0.1) is 5.82 Å². The van der Waals surface area contributed by atoms with Gasteiger partial charge in [0.25, 0.3) is 0 Å². The molecule has 4 rings (SSSR count). The van der Waals surface area contributed by atoms with Crippen LogP contribution in [0.25, 0.3) is 11.3 Å². The summed E-state index contributed by atoms with van der Waals surface area (Å²) in [6, 6.07) is 10.5. The van der Waals surface area contributed by atoms with E-state index in [1.165, 1.54) is 12.1 Å². The van der Waals surface area contributed by atoms with E-state index >= 15 is 0 Å². The van der Waals surface area contributed by atoms with E-state index in [1.807, 2.05) is 18.2 Å². The Morgan fingerprint density at radius 1 is 1.16 bits per heavy atom. The zero-order valence-electron chi connectivity index (χ0n) is 14.2. The highest BCUT2D eigenvalue weighted by atomic mass is 19.1. The van der Waals surface area contributed by atoms with Crippen LogP contribution in [0.4, 0.5) is 10.2 Å². The van der Waals surface area contributed by atoms with Gasteiger partial charge in [-0.25, -0.2) is 4.39 Å². The average Bonchev–Trinajstić information content (AvgIpc) is 3.05. The first-order valence-electron chi connectivity index (χ1n) is 8.44. The third-order valence-corrected chi connectivity index (χ3v) is 4.51. The molecule has 0 amide bonds. The molecule has 0 fully saturated rings. The van der Waals surface area contributed by atoms with Crippen LogP contribution in [0.1, 0.15) is 36.8 Å². The SMILES string of the molecule is CC(C)c1ccc(N2CCc3onc(-c4cccc(F)c4)c3C2)nn1. The quantitative estimate of drug-likeness (QED) is 0.723. The maximum absolute atomic E-state index is 13.5. The molecule has 1 aromatic carbocycles. The predicted octanol–water partition coefficient (Wildman–Crippen LogP) is 3.96. The molecule has 0 saturated heterocycles. The van der Waals surface area contributed by atoms with E-state index in [0.717, 1.165) is 41.4 Å². The van der Waals surface area contributed by atoms with Gasteiger partial charge >= 0.3 is 0 Å². The topological polar surface area (TPSA) is 55.1 Å². The van der Waals surface area contributed by atoms with Gasteiger partial charge in [-0.15, -0.1) is 5.10 Å². The fourth-order valence-electron chi connectivity index (χ4n) is 3.08. The lowest BCUT2D eigenvalue weighted by Gasteiger charge is -2.27. The lowest BCUT2D eigenvalue weighted by Crippen LogP contribution is -2.30. The fourth-order valence-corrected chi connectivity index (χ4v) is 3.08. The molecule has 6 heteroatoms. The molecule has 1 aliphatic rings. The van der Waals surface area contributed by atoms with Crippen molar-refractivity contribution in [2.24, 2.45) is 0 Å². The summed E-state index contributed by atoms with van der Waals surface area (Å²) in [6.45, 7) is 5.61. The number of rotatable bonds is 3. The Kier molecular flexibility index (Phi) is 3.95. The fraction of sp³-hybridized carbons (Fsp3) is 0.316. The molecule has 25 heavy (non-hydrogen) atoms. The molecule has 5 nitrogen and oxygen atoms in total. The molecular weight excluding hydrogens is 319 g/mol. The third-order valence-electron chi connectivity index (χ3n) is 4.51. The first-order valence-corrected chi connectivity index (χ1v) is 8.44. The first kappa shape index (κ1) is 15.7. The van der Waals surface area contributed by atoms with Gasteiger partial charge in [-0.2, -0.15) is 5.10 Å². The van der Waals surface area contributed by atoms with E-state index < -0.39 is 0 Å². The second kappa shape index (κ2) is 6.27. The van der Waals surface area contributed by atoms with Crippen LogP contribution in [0.15, 0.2) is 40.9 Å². The van der Waals surface area contributed by atoms with Crippen LogP contribution in [-0.4, -0.2) is 21.9 Å². The number of hydrogen-bond acceptors (Lipinski definition) is 5. The van der Waals surface area contributed by atoms with Crippen molar-refractivity contribution >= 4 is 5.82 Å². The first-order chi connectivity index (χ1) is 12.1. The Labute approximate surface area is 145 Å². The van der Waals surface area contributed by atoms with E-state index in [2.05, 4.69) is 34.1 Å². The Balaban J connectivity index is 1.63. The summed E-state index contributed by atoms with van der Waals surface area (Å²) in [5, 5.41) is 12.8. The summed E-state index contributed by atoms with van der Waals surface area (Å²) in [5.41, 5.74) is 3.40. The summed E-state index contributed by atoms with van der Waals surface area (Å²) in [5.74, 6) is 1.77. The van der Waals surface area contributed by atoms with Gasteiger partial charge in [0.15, 0.2) is 5.82 Å². The summed E-state index contributed by atoms with van der Waals surface area (Å²) in [7, 11) is 0. The molecule has 2 aromatic heterocycles. The van der Waals surface area contributed by atoms with Crippen molar-refractivity contribution in [1.29, 1.82) is 0 Å². The molecular formula is C19H19FN4O. The molecule has 0 spiro atoms. The molecule has 0 atom stereocenters. The summed E-state index contributed by atoms with van der Waals surface area (Å²) >= 11 is 0. The Bertz CT molecular complexity index is 889. The van der Waals surface area contributed by atoms with Crippen molar-refractivity contribution in [3.63, 3.8) is 0 Å². The lowest BCUT2D eigenvalue weighted by molar-refractivity contribution is 0.378. The van der Waals surface area contributed by atoms with E-state index in [0.29, 0.717) is 18.2 Å². The van der Waals surface area contributed by atoms with Crippen molar-refractivity contribution < 1.29 is 8.91 Å². The average molecular weight is 338 g/mol. The summed E-state index contributed by atoms with van der Waals surface area (Å²) in [4.78, 5) is 2.15. The number of fused-ring (bicyclic) bond motifs is 1. The second-order valence-electron chi connectivity index (χ2n) is 6.59. The molecule has 0 saturated carbocycles. The Hall–Kier alpha value is -2.76. The van der Waals surface area contributed by atoms with E-state index in [9.17, 15) is 4.39 Å². The molecule has 3 aromatic rings. The number of hydrogen-bond donors (Lipinski definition) is 0. The molecule has 0 unspecified atom stereocenters. The van der Waals surface area contributed by atoms with Crippen molar-refractivity contribution in [3.8, 4) is 11.3 Å². The molecule has 128 valence electrons. The highest BCUT2D eigenvalue weighted by molar-refractivity contribution is 5.64. The molecule has 0 bridgehead atoms. The summed E-state index contributed by atoms with van der Waals surface area (Å²) in [6.07, 6.45) is 0.741. The van der Waals surface area contributed by atoms with Gasteiger partial charge in [-0.1, -0.05) is 31.1 Å². The zero-order chi connectivity index (χ0) is 17.4. The monoisotopic (exact) mass is 338 g/mol. The molecule has 1 aliphatic heterocycles. The van der Waals surface area contributed by atoms with E-state index in [-0.39, 0.29) is 5.82 Å². The second-order valence-corrected chi connectivity index (χ2v) is 6.59. The van der Waals surface area contributed by atoms with Gasteiger partial charge in [0.05, 0.1) is 12.2 Å². The molecule has 3 heterocycles. The molecule has 0 radical (unpaired) electrons. The number of anilines is 1. The minimum atomic E-state index is -0.281. The van der Waals surface area contributed by atoms with Gasteiger partial charge in [-0.3, -0.25) is 0 Å². The largest absolute Gasteiger partial charge is 0.360 e. The van der Waals surface area contributed by atoms with Crippen LogP contribution in [-0.2, 0) is 13.0 Å². The van der Waals surface area contributed by atoms with Gasteiger partial charge in [-0.05, 0) is 30.2 Å². The Morgan fingerprint density at radius 2 is 2.04 bits per heavy atom. The Morgan fingerprint density at radius 3 is 2.76 bits per heavy atom. The summed E-state index contributed by atoms with van der Waals surface area (Å²) < 4.78 is 19.0. The van der Waals surface area contributed by atoms with Crippen molar-refractivity contribution in [2.75, 3.05) is 11.4 Å². The van der Waals surface area contributed by atoms with Gasteiger partial charge in [0.2, 0.25) is 0 Å². The number of aromatic nitrogens is 3. The van der Waals surface area contributed by atoms with Gasteiger partial charge < -0.3 is 9.42 Å². The minimum absolute atomic E-state index is 0.281. The normalized spacial score (nSPS) is 14.0. The smallest absolute Gasteiger partial charge is 0.151 e. The third kappa shape index (κ3) is 2.99. The highest BCUT2D eigenvalue weighted by Crippen LogP contribution is 2.31. The maximum atomic E-state index is 13.5. The van der Waals surface area contributed by atoms with Crippen molar-refractivity contribution in [3.05, 3.63) is 59.2 Å². The van der Waals surface area contributed by atoms with E-state index in [1.54, 1.807) is 6.07 Å². The van der Waals surface area contributed by atoms with Crippen LogP contribution in [0.2, 0.25) is 0 Å². The standard InChI is InChI=1S/C19H19FN4O/c1-12(2)16-6-7-18(22-21-16)24-9-8-17-15(11-24)19(23-25-17)13-4-3-5-14(20)10-13/h3-7,10,12H,8-9,11H2,1-2H3. The highest BCUT2D eigenvalue weighted by Gasteiger charge is 2.26. The predicted molar refractivity (Wildman–Crippen MR) is 92.8 cm³/mol. The minimum Gasteiger partial charge on any atom is -0.360 e. The lowest BCUT2D eigenvalue weighted by atomic mass is 10.0. The van der Waals surface area contributed by atoms with Gasteiger partial charge in [0.1, 0.15) is 17.3 Å². The van der Waals surface area contributed by atoms with Crippen LogP contribution in [0.5, 0.6) is 0 Å². The number of benzene rings is 1. The van der Waals surface area contributed by atoms with Crippen LogP contribution in [0.3, 0.4) is 0 Å². The van der Waals surface area contributed by atoms with E-state index in [4.69, 9.17) is 4.52 Å². The number of nitrogens with zero attached hydrogens (tertiary/aromatic N) is 4. The molecule has 0 N–H and O–H groups in total. The zero-order valence-corrected chi connectivity index (χ0v) is 14.2. The maximum Gasteiger partial charge on any atom is 0.151 e. The van der Waals surface area contributed by atoms with Crippen LogP contribution >= 0.6 is 0 Å². The van der Waals surface area contributed by atoms with Crippen molar-refractivity contribution in [2.45, 2.75) is 32.7 Å². The van der Waals surface area contributed by atoms with Crippen molar-refractivity contribution in [1.82, 2.24) is 15.4 Å². The number of halogens is 1.